The third-order valence-electron chi connectivity index (χ3n) is 3.32. The number of hydrogen-bond donors (Lipinski definition) is 2. The first kappa shape index (κ1) is 14.8. The van der Waals surface area contributed by atoms with Crippen molar-refractivity contribution in [2.45, 2.75) is 31.5 Å². The minimum absolute atomic E-state index is 0.00471. The molecule has 1 aliphatic carbocycles. The van der Waals surface area contributed by atoms with Gasteiger partial charge in [0.25, 0.3) is 0 Å². The molecule has 1 unspecified atom stereocenters. The fraction of sp³-hybridized carbons (Fsp3) is 0.500. The maximum absolute atomic E-state index is 11.9. The molecule has 1 amide bonds. The summed E-state index contributed by atoms with van der Waals surface area (Å²) in [5.41, 5.74) is 2.49. The highest BCUT2D eigenvalue weighted by Crippen LogP contribution is 2.20. The van der Waals surface area contributed by atoms with E-state index in [-0.39, 0.29) is 12.6 Å². The first-order valence-corrected chi connectivity index (χ1v) is 6.57. The summed E-state index contributed by atoms with van der Waals surface area (Å²) in [6.07, 6.45) is -1.84. The van der Waals surface area contributed by atoms with Crippen molar-refractivity contribution in [1.29, 1.82) is 0 Å². The number of nitrogens with one attached hydrogen (secondary N) is 2. The molecule has 0 aromatic heterocycles. The molecule has 0 spiro atoms. The lowest BCUT2D eigenvalue weighted by atomic mass is 9.88. The number of benzene rings is 1. The van der Waals surface area contributed by atoms with Gasteiger partial charge in [0.15, 0.2) is 0 Å². The quantitative estimate of drug-likeness (QED) is 0.886. The molecule has 0 saturated heterocycles. The lowest BCUT2D eigenvalue weighted by molar-refractivity contribution is -0.128. The van der Waals surface area contributed by atoms with E-state index >= 15 is 0 Å². The van der Waals surface area contributed by atoms with E-state index in [1.807, 2.05) is 18.2 Å². The van der Waals surface area contributed by atoms with Crippen molar-refractivity contribution < 1.29 is 18.0 Å². The Morgan fingerprint density at radius 2 is 1.95 bits per heavy atom. The van der Waals surface area contributed by atoms with Crippen LogP contribution < -0.4 is 10.6 Å². The van der Waals surface area contributed by atoms with E-state index in [9.17, 15) is 18.0 Å². The summed E-state index contributed by atoms with van der Waals surface area (Å²) in [5.74, 6) is -0.390. The van der Waals surface area contributed by atoms with Gasteiger partial charge in [-0.2, -0.15) is 13.2 Å². The Balaban J connectivity index is 1.76. The number of carbonyl (C=O) groups is 1. The van der Waals surface area contributed by atoms with Crippen LogP contribution in [0.4, 0.5) is 13.2 Å². The first-order valence-electron chi connectivity index (χ1n) is 6.57. The highest BCUT2D eigenvalue weighted by atomic mass is 19.4. The SMILES string of the molecule is O=C(CNCC(F)(F)F)NC1CCc2ccccc2C1. The molecule has 110 valence electrons. The van der Waals surface area contributed by atoms with Gasteiger partial charge >= 0.3 is 6.18 Å². The average Bonchev–Trinajstić information content (AvgIpc) is 2.37. The average molecular weight is 286 g/mol. The van der Waals surface area contributed by atoms with E-state index in [2.05, 4.69) is 16.7 Å². The zero-order valence-electron chi connectivity index (χ0n) is 11.0. The Morgan fingerprint density at radius 1 is 1.25 bits per heavy atom. The fourth-order valence-electron chi connectivity index (χ4n) is 2.42. The van der Waals surface area contributed by atoms with E-state index in [1.165, 1.54) is 11.1 Å². The van der Waals surface area contributed by atoms with Crippen molar-refractivity contribution in [3.63, 3.8) is 0 Å². The second kappa shape index (κ2) is 6.26. The molecule has 0 bridgehead atoms. The molecule has 0 fully saturated rings. The zero-order valence-corrected chi connectivity index (χ0v) is 11.0. The predicted octanol–water partition coefficient (Wildman–Crippen LogP) is 1.81. The molecule has 20 heavy (non-hydrogen) atoms. The highest BCUT2D eigenvalue weighted by Gasteiger charge is 2.27. The van der Waals surface area contributed by atoms with Crippen LogP contribution >= 0.6 is 0 Å². The Morgan fingerprint density at radius 3 is 2.65 bits per heavy atom. The van der Waals surface area contributed by atoms with Crippen LogP contribution in [0, 0.1) is 0 Å². The number of carbonyl (C=O) groups excluding carboxylic acids is 1. The topological polar surface area (TPSA) is 41.1 Å². The fourth-order valence-corrected chi connectivity index (χ4v) is 2.42. The van der Waals surface area contributed by atoms with Gasteiger partial charge in [-0.05, 0) is 30.4 Å². The van der Waals surface area contributed by atoms with Gasteiger partial charge in [0.05, 0.1) is 13.1 Å². The Bertz CT molecular complexity index is 474. The van der Waals surface area contributed by atoms with Crippen molar-refractivity contribution in [1.82, 2.24) is 10.6 Å². The van der Waals surface area contributed by atoms with E-state index in [1.54, 1.807) is 0 Å². The zero-order chi connectivity index (χ0) is 14.6. The van der Waals surface area contributed by atoms with Gasteiger partial charge in [-0.1, -0.05) is 24.3 Å². The lowest BCUT2D eigenvalue weighted by Crippen LogP contribution is -2.44. The Kier molecular flexibility index (Phi) is 4.65. The molecule has 1 aliphatic rings. The molecule has 0 radical (unpaired) electrons. The molecule has 1 aromatic carbocycles. The molecule has 1 aromatic rings. The van der Waals surface area contributed by atoms with Gasteiger partial charge in [-0.15, -0.1) is 0 Å². The summed E-state index contributed by atoms with van der Waals surface area (Å²) in [7, 11) is 0. The van der Waals surface area contributed by atoms with Crippen molar-refractivity contribution in [3.05, 3.63) is 35.4 Å². The van der Waals surface area contributed by atoms with E-state index in [0.717, 1.165) is 19.3 Å². The maximum Gasteiger partial charge on any atom is 0.401 e. The number of hydrogen-bond acceptors (Lipinski definition) is 2. The molecule has 2 rings (SSSR count). The molecule has 0 heterocycles. The van der Waals surface area contributed by atoms with Crippen LogP contribution in [0.5, 0.6) is 0 Å². The Labute approximate surface area is 115 Å². The highest BCUT2D eigenvalue weighted by molar-refractivity contribution is 5.78. The summed E-state index contributed by atoms with van der Waals surface area (Å²) < 4.78 is 35.8. The summed E-state index contributed by atoms with van der Waals surface area (Å²) in [4.78, 5) is 11.6. The summed E-state index contributed by atoms with van der Waals surface area (Å²) in [5, 5.41) is 4.87. The van der Waals surface area contributed by atoms with Crippen molar-refractivity contribution in [2.75, 3.05) is 13.1 Å². The smallest absolute Gasteiger partial charge is 0.352 e. The van der Waals surface area contributed by atoms with Gasteiger partial charge in [-0.25, -0.2) is 0 Å². The number of alkyl halides is 3. The van der Waals surface area contributed by atoms with E-state index < -0.39 is 18.6 Å². The first-order chi connectivity index (χ1) is 9.44. The second-order valence-corrected chi connectivity index (χ2v) is 4.99. The van der Waals surface area contributed by atoms with Gasteiger partial charge < -0.3 is 10.6 Å². The molecular weight excluding hydrogens is 269 g/mol. The van der Waals surface area contributed by atoms with Gasteiger partial charge in [0.2, 0.25) is 5.91 Å². The van der Waals surface area contributed by atoms with Crippen molar-refractivity contribution in [2.24, 2.45) is 0 Å². The van der Waals surface area contributed by atoms with Crippen LogP contribution in [0.1, 0.15) is 17.5 Å². The Hall–Kier alpha value is -1.56. The van der Waals surface area contributed by atoms with Gasteiger partial charge in [0.1, 0.15) is 0 Å². The summed E-state index contributed by atoms with van der Waals surface area (Å²) in [6.45, 7) is -1.45. The van der Waals surface area contributed by atoms with Crippen LogP contribution in [0.3, 0.4) is 0 Å². The number of aryl methyl sites for hydroxylation is 1. The molecule has 6 heteroatoms. The van der Waals surface area contributed by atoms with Crippen LogP contribution in [0.25, 0.3) is 0 Å². The van der Waals surface area contributed by atoms with Crippen LogP contribution in [-0.4, -0.2) is 31.2 Å². The number of rotatable bonds is 4. The maximum atomic E-state index is 11.9. The van der Waals surface area contributed by atoms with Crippen molar-refractivity contribution in [3.8, 4) is 0 Å². The lowest BCUT2D eigenvalue weighted by Gasteiger charge is -2.25. The van der Waals surface area contributed by atoms with Gasteiger partial charge in [0, 0.05) is 6.04 Å². The van der Waals surface area contributed by atoms with Crippen LogP contribution in [0.15, 0.2) is 24.3 Å². The van der Waals surface area contributed by atoms with Gasteiger partial charge in [-0.3, -0.25) is 4.79 Å². The summed E-state index contributed by atoms with van der Waals surface area (Å²) in [6, 6.07) is 8.03. The standard InChI is InChI=1S/C14H17F3N2O/c15-14(16,17)9-18-8-13(20)19-12-6-5-10-3-1-2-4-11(10)7-12/h1-4,12,18H,5-9H2,(H,19,20). The number of fused-ring (bicyclic) bond motifs is 1. The van der Waals surface area contributed by atoms with E-state index in [4.69, 9.17) is 0 Å². The summed E-state index contributed by atoms with van der Waals surface area (Å²) >= 11 is 0. The van der Waals surface area contributed by atoms with Crippen molar-refractivity contribution >= 4 is 5.91 Å². The normalized spacial score (nSPS) is 18.4. The minimum atomic E-state index is -4.29. The third-order valence-corrected chi connectivity index (χ3v) is 3.32. The molecule has 0 saturated carbocycles. The molecule has 2 N–H and O–H groups in total. The minimum Gasteiger partial charge on any atom is -0.352 e. The second-order valence-electron chi connectivity index (χ2n) is 4.99. The molecule has 1 atom stereocenters. The number of amides is 1. The predicted molar refractivity (Wildman–Crippen MR) is 69.3 cm³/mol. The monoisotopic (exact) mass is 286 g/mol. The number of halogens is 3. The molecule has 0 aliphatic heterocycles. The third kappa shape index (κ3) is 4.52. The van der Waals surface area contributed by atoms with E-state index in [0.29, 0.717) is 0 Å². The molecule has 3 nitrogen and oxygen atoms in total. The van der Waals surface area contributed by atoms with Crippen LogP contribution in [0.2, 0.25) is 0 Å². The molecular formula is C14H17F3N2O. The largest absolute Gasteiger partial charge is 0.401 e. The van der Waals surface area contributed by atoms with Crippen LogP contribution in [-0.2, 0) is 17.6 Å².